The molecule has 0 aliphatic carbocycles. The van der Waals surface area contributed by atoms with Crippen molar-refractivity contribution in [1.29, 1.82) is 0 Å². The van der Waals surface area contributed by atoms with Gasteiger partial charge in [0.05, 0.1) is 6.61 Å². The zero-order chi connectivity index (χ0) is 14.4. The van der Waals surface area contributed by atoms with Crippen molar-refractivity contribution < 1.29 is 5.11 Å². The van der Waals surface area contributed by atoms with Crippen molar-refractivity contribution in [2.45, 2.75) is 19.4 Å². The monoisotopic (exact) mass is 340 g/mol. The predicted octanol–water partition coefficient (Wildman–Crippen LogP) is 2.59. The lowest BCUT2D eigenvalue weighted by atomic mass is 9.96. The topological polar surface area (TPSA) is 26.7 Å². The average molecular weight is 341 g/mol. The molecule has 0 amide bonds. The minimum absolute atomic E-state index is 0.284. The maximum absolute atomic E-state index is 8.97. The van der Waals surface area contributed by atoms with Gasteiger partial charge in [-0.25, -0.2) is 0 Å². The number of hydrogen-bond donors (Lipinski definition) is 1. The smallest absolute Gasteiger partial charge is 0.0558 e. The number of aliphatic hydroxyl groups is 1. The van der Waals surface area contributed by atoms with E-state index in [1.807, 2.05) is 0 Å². The zero-order valence-corrected chi connectivity index (χ0v) is 13.8. The van der Waals surface area contributed by atoms with E-state index in [4.69, 9.17) is 5.11 Å². The fourth-order valence-electron chi connectivity index (χ4n) is 2.96. The Hall–Kier alpha value is -0.420. The Morgan fingerprint density at radius 3 is 2.65 bits per heavy atom. The van der Waals surface area contributed by atoms with Crippen LogP contribution in [0.5, 0.6) is 0 Å². The number of piperidine rings is 1. The molecule has 1 heterocycles. The van der Waals surface area contributed by atoms with Gasteiger partial charge in [-0.2, -0.15) is 0 Å². The fraction of sp³-hybridized carbons (Fsp3) is 0.625. The lowest BCUT2D eigenvalue weighted by molar-refractivity contribution is 0.129. The van der Waals surface area contributed by atoms with E-state index in [1.54, 1.807) is 0 Å². The first-order chi connectivity index (χ1) is 9.69. The summed E-state index contributed by atoms with van der Waals surface area (Å²) in [4.78, 5) is 4.79. The van der Waals surface area contributed by atoms with Crippen LogP contribution in [0.25, 0.3) is 0 Å². The van der Waals surface area contributed by atoms with Crippen LogP contribution in [0.4, 0.5) is 0 Å². The normalized spacial score (nSPS) is 17.8. The second-order valence-corrected chi connectivity index (χ2v) is 6.65. The SMILES string of the molecule is CN(Cc1ccccc1Br)CC1CCN(CCO)CC1. The number of β-amino-alcohol motifs (C(OH)–C–C–N with tert-alkyl or cyclic N) is 1. The zero-order valence-electron chi connectivity index (χ0n) is 12.3. The van der Waals surface area contributed by atoms with Crippen LogP contribution < -0.4 is 0 Å². The summed E-state index contributed by atoms with van der Waals surface area (Å²) in [7, 11) is 2.21. The van der Waals surface area contributed by atoms with E-state index in [0.717, 1.165) is 38.6 Å². The van der Waals surface area contributed by atoms with E-state index in [0.29, 0.717) is 0 Å². The standard InChI is InChI=1S/C16H25BrN2O/c1-18(13-15-4-2-3-5-16(15)17)12-14-6-8-19(9-7-14)10-11-20/h2-5,14,20H,6-13H2,1H3. The van der Waals surface area contributed by atoms with Crippen molar-refractivity contribution in [2.75, 3.05) is 39.8 Å². The maximum atomic E-state index is 8.97. The summed E-state index contributed by atoms with van der Waals surface area (Å²) in [6.45, 7) is 5.54. The first-order valence-electron chi connectivity index (χ1n) is 7.44. The molecule has 4 heteroatoms. The van der Waals surface area contributed by atoms with Gasteiger partial charge >= 0.3 is 0 Å². The van der Waals surface area contributed by atoms with Gasteiger partial charge in [0.25, 0.3) is 0 Å². The molecule has 1 aliphatic rings. The molecule has 0 radical (unpaired) electrons. The van der Waals surface area contributed by atoms with E-state index in [-0.39, 0.29) is 6.61 Å². The molecule has 20 heavy (non-hydrogen) atoms. The highest BCUT2D eigenvalue weighted by molar-refractivity contribution is 9.10. The summed E-state index contributed by atoms with van der Waals surface area (Å²) in [5.74, 6) is 0.789. The van der Waals surface area contributed by atoms with Crippen molar-refractivity contribution in [3.05, 3.63) is 34.3 Å². The van der Waals surface area contributed by atoms with E-state index in [1.165, 1.54) is 22.9 Å². The van der Waals surface area contributed by atoms with Crippen molar-refractivity contribution in [3.8, 4) is 0 Å². The molecule has 1 fully saturated rings. The minimum atomic E-state index is 0.284. The third-order valence-electron chi connectivity index (χ3n) is 4.09. The van der Waals surface area contributed by atoms with Crippen LogP contribution in [-0.4, -0.2) is 54.7 Å². The number of aliphatic hydroxyl groups excluding tert-OH is 1. The summed E-state index contributed by atoms with van der Waals surface area (Å²) in [6.07, 6.45) is 2.50. The van der Waals surface area contributed by atoms with Crippen LogP contribution >= 0.6 is 15.9 Å². The highest BCUT2D eigenvalue weighted by Crippen LogP contribution is 2.21. The highest BCUT2D eigenvalue weighted by Gasteiger charge is 2.20. The van der Waals surface area contributed by atoms with Gasteiger partial charge < -0.3 is 14.9 Å². The van der Waals surface area contributed by atoms with Crippen LogP contribution in [0.2, 0.25) is 0 Å². The van der Waals surface area contributed by atoms with Gasteiger partial charge in [-0.15, -0.1) is 0 Å². The summed E-state index contributed by atoms with van der Waals surface area (Å²) in [6, 6.07) is 8.45. The Morgan fingerprint density at radius 1 is 1.30 bits per heavy atom. The maximum Gasteiger partial charge on any atom is 0.0558 e. The van der Waals surface area contributed by atoms with E-state index >= 15 is 0 Å². The molecule has 1 N–H and O–H groups in total. The third kappa shape index (κ3) is 4.85. The van der Waals surface area contributed by atoms with E-state index in [2.05, 4.69) is 57.0 Å². The number of likely N-dealkylation sites (tertiary alicyclic amines) is 1. The average Bonchev–Trinajstić information content (AvgIpc) is 2.44. The molecule has 2 rings (SSSR count). The lowest BCUT2D eigenvalue weighted by Gasteiger charge is -2.33. The van der Waals surface area contributed by atoms with Crippen molar-refractivity contribution in [2.24, 2.45) is 5.92 Å². The molecular weight excluding hydrogens is 316 g/mol. The van der Waals surface area contributed by atoms with E-state index < -0.39 is 0 Å². The Labute approximate surface area is 130 Å². The number of halogens is 1. The van der Waals surface area contributed by atoms with Crippen LogP contribution in [0.15, 0.2) is 28.7 Å². The summed E-state index contributed by atoms with van der Waals surface area (Å²) in [5.41, 5.74) is 1.35. The molecule has 1 aromatic carbocycles. The number of rotatable bonds is 6. The Bertz CT molecular complexity index is 405. The van der Waals surface area contributed by atoms with Crippen LogP contribution in [0, 0.1) is 5.92 Å². The van der Waals surface area contributed by atoms with Crippen LogP contribution in [0.1, 0.15) is 18.4 Å². The van der Waals surface area contributed by atoms with E-state index in [9.17, 15) is 0 Å². The Balaban J connectivity index is 1.75. The van der Waals surface area contributed by atoms with Crippen LogP contribution in [0.3, 0.4) is 0 Å². The van der Waals surface area contributed by atoms with Crippen LogP contribution in [-0.2, 0) is 6.54 Å². The summed E-state index contributed by atoms with van der Waals surface area (Å²) in [5, 5.41) is 8.97. The first kappa shape index (κ1) is 16.0. The molecule has 0 bridgehead atoms. The van der Waals surface area contributed by atoms with Gasteiger partial charge in [0.1, 0.15) is 0 Å². The number of benzene rings is 1. The fourth-order valence-corrected chi connectivity index (χ4v) is 3.37. The quantitative estimate of drug-likeness (QED) is 0.862. The molecule has 0 unspecified atom stereocenters. The molecular formula is C16H25BrN2O. The van der Waals surface area contributed by atoms with Gasteiger partial charge in [-0.1, -0.05) is 34.1 Å². The molecule has 1 aromatic rings. The molecule has 0 saturated carbocycles. The molecule has 0 aromatic heterocycles. The summed E-state index contributed by atoms with van der Waals surface area (Å²) >= 11 is 3.62. The van der Waals surface area contributed by atoms with Crippen molar-refractivity contribution in [3.63, 3.8) is 0 Å². The summed E-state index contributed by atoms with van der Waals surface area (Å²) < 4.78 is 1.20. The second-order valence-electron chi connectivity index (χ2n) is 5.80. The number of hydrogen-bond acceptors (Lipinski definition) is 3. The number of nitrogens with zero attached hydrogens (tertiary/aromatic N) is 2. The van der Waals surface area contributed by atoms with Gasteiger partial charge in [-0.3, -0.25) is 0 Å². The third-order valence-corrected chi connectivity index (χ3v) is 4.86. The molecule has 3 nitrogen and oxygen atoms in total. The van der Waals surface area contributed by atoms with Crippen molar-refractivity contribution in [1.82, 2.24) is 9.80 Å². The molecule has 1 aliphatic heterocycles. The lowest BCUT2D eigenvalue weighted by Crippen LogP contribution is -2.38. The van der Waals surface area contributed by atoms with Gasteiger partial charge in [0.2, 0.25) is 0 Å². The predicted molar refractivity (Wildman–Crippen MR) is 86.7 cm³/mol. The van der Waals surface area contributed by atoms with Gasteiger partial charge in [-0.05, 0) is 50.5 Å². The largest absolute Gasteiger partial charge is 0.395 e. The minimum Gasteiger partial charge on any atom is -0.395 e. The molecule has 0 spiro atoms. The molecule has 1 saturated heterocycles. The van der Waals surface area contributed by atoms with Gasteiger partial charge in [0, 0.05) is 24.1 Å². The highest BCUT2D eigenvalue weighted by atomic mass is 79.9. The van der Waals surface area contributed by atoms with Crippen molar-refractivity contribution >= 4 is 15.9 Å². The Morgan fingerprint density at radius 2 is 2.00 bits per heavy atom. The first-order valence-corrected chi connectivity index (χ1v) is 8.23. The Kier molecular flexibility index (Phi) is 6.49. The molecule has 112 valence electrons. The van der Waals surface area contributed by atoms with Gasteiger partial charge in [0.15, 0.2) is 0 Å². The molecule has 0 atom stereocenters. The second kappa shape index (κ2) is 8.13.